The Balaban J connectivity index is 1.97. The molecule has 70 valence electrons. The van der Waals surface area contributed by atoms with Gasteiger partial charge in [-0.15, -0.1) is 0 Å². The maximum absolute atomic E-state index is 5.23. The van der Waals surface area contributed by atoms with Crippen molar-refractivity contribution < 1.29 is 4.74 Å². The van der Waals surface area contributed by atoms with Gasteiger partial charge in [-0.05, 0) is 29.0 Å². The van der Waals surface area contributed by atoms with Crippen LogP contribution in [0.4, 0.5) is 5.95 Å². The Morgan fingerprint density at radius 3 is 2.85 bits per heavy atom. The minimum absolute atomic E-state index is 0.375. The minimum Gasteiger partial charge on any atom is -0.379 e. The van der Waals surface area contributed by atoms with E-state index in [2.05, 4.69) is 37.9 Å². The van der Waals surface area contributed by atoms with Gasteiger partial charge in [0.25, 0.3) is 0 Å². The molecule has 1 aromatic rings. The molecule has 0 aromatic carbocycles. The third-order valence-corrected chi connectivity index (χ3v) is 2.44. The highest BCUT2D eigenvalue weighted by Crippen LogP contribution is 2.09. The summed E-state index contributed by atoms with van der Waals surface area (Å²) in [5.74, 6) is 0.691. The summed E-state index contributed by atoms with van der Waals surface area (Å²) < 4.78 is 6.28. The van der Waals surface area contributed by atoms with E-state index in [1.165, 1.54) is 0 Å². The van der Waals surface area contributed by atoms with Crippen molar-refractivity contribution >= 4 is 28.5 Å². The van der Waals surface area contributed by atoms with Gasteiger partial charge in [-0.1, -0.05) is 0 Å². The van der Waals surface area contributed by atoms with Crippen molar-refractivity contribution in [3.63, 3.8) is 0 Å². The highest BCUT2D eigenvalue weighted by atomic mass is 127. The molecule has 1 unspecified atom stereocenters. The molecule has 1 atom stereocenters. The number of hydrogen-bond acceptors (Lipinski definition) is 4. The van der Waals surface area contributed by atoms with Gasteiger partial charge in [0.05, 0.1) is 12.6 Å². The van der Waals surface area contributed by atoms with Crippen LogP contribution in [0, 0.1) is 3.57 Å². The van der Waals surface area contributed by atoms with E-state index in [1.807, 2.05) is 0 Å². The largest absolute Gasteiger partial charge is 0.379 e. The van der Waals surface area contributed by atoms with E-state index in [0.29, 0.717) is 12.0 Å². The average Bonchev–Trinajstić information content (AvgIpc) is 2.62. The lowest BCUT2D eigenvalue weighted by Gasteiger charge is -2.09. The quantitative estimate of drug-likeness (QED) is 0.834. The molecule has 0 spiro atoms. The summed E-state index contributed by atoms with van der Waals surface area (Å²) in [4.78, 5) is 8.31. The molecule has 0 bridgehead atoms. The van der Waals surface area contributed by atoms with E-state index in [-0.39, 0.29) is 0 Å². The van der Waals surface area contributed by atoms with Crippen LogP contribution in [0.2, 0.25) is 0 Å². The van der Waals surface area contributed by atoms with Gasteiger partial charge in [-0.25, -0.2) is 9.97 Å². The molecule has 1 aliphatic rings. The second kappa shape index (κ2) is 4.19. The maximum Gasteiger partial charge on any atom is 0.222 e. The first-order valence-electron chi connectivity index (χ1n) is 4.16. The van der Waals surface area contributed by atoms with Crippen molar-refractivity contribution in [2.75, 3.05) is 18.5 Å². The second-order valence-electron chi connectivity index (χ2n) is 2.93. The molecular formula is C8H10IN3O. The normalized spacial score (nSPS) is 21.8. The van der Waals surface area contributed by atoms with E-state index >= 15 is 0 Å². The third kappa shape index (κ3) is 2.50. The summed E-state index contributed by atoms with van der Waals surface area (Å²) in [7, 11) is 0. The first-order valence-corrected chi connectivity index (χ1v) is 5.24. The molecule has 0 saturated carbocycles. The number of rotatable bonds is 2. The average molecular weight is 291 g/mol. The van der Waals surface area contributed by atoms with Crippen LogP contribution in [0.3, 0.4) is 0 Å². The zero-order valence-corrected chi connectivity index (χ0v) is 9.19. The summed E-state index contributed by atoms with van der Waals surface area (Å²) in [6, 6.07) is 0.375. The summed E-state index contributed by atoms with van der Waals surface area (Å²) in [5.41, 5.74) is 0. The van der Waals surface area contributed by atoms with Gasteiger partial charge in [0.15, 0.2) is 0 Å². The van der Waals surface area contributed by atoms with Crippen LogP contribution in [-0.4, -0.2) is 29.2 Å². The molecule has 2 heterocycles. The number of ether oxygens (including phenoxy) is 1. The first-order chi connectivity index (χ1) is 6.34. The van der Waals surface area contributed by atoms with E-state index in [1.54, 1.807) is 12.4 Å². The van der Waals surface area contributed by atoms with Crippen molar-refractivity contribution in [1.29, 1.82) is 0 Å². The van der Waals surface area contributed by atoms with Gasteiger partial charge < -0.3 is 10.1 Å². The lowest BCUT2D eigenvalue weighted by Crippen LogP contribution is -2.20. The van der Waals surface area contributed by atoms with Gasteiger partial charge in [-0.2, -0.15) is 0 Å². The Morgan fingerprint density at radius 2 is 2.23 bits per heavy atom. The molecule has 2 rings (SSSR count). The Bertz CT molecular complexity index is 271. The number of anilines is 1. The first kappa shape index (κ1) is 9.14. The number of halogens is 1. The maximum atomic E-state index is 5.23. The Morgan fingerprint density at radius 1 is 1.46 bits per heavy atom. The standard InChI is InChI=1S/C8H10IN3O/c9-6-3-10-8(11-4-6)12-7-1-2-13-5-7/h3-4,7H,1-2,5H2,(H,10,11,12). The van der Waals surface area contributed by atoms with Crippen LogP contribution in [0.15, 0.2) is 12.4 Å². The van der Waals surface area contributed by atoms with E-state index in [0.717, 1.165) is 23.2 Å². The smallest absolute Gasteiger partial charge is 0.222 e. The molecule has 1 aliphatic heterocycles. The van der Waals surface area contributed by atoms with Crippen LogP contribution in [0.5, 0.6) is 0 Å². The molecule has 1 fully saturated rings. The summed E-state index contributed by atoms with van der Waals surface area (Å²) in [5, 5.41) is 3.22. The summed E-state index contributed by atoms with van der Waals surface area (Å²) in [6.45, 7) is 1.59. The van der Waals surface area contributed by atoms with Gasteiger partial charge >= 0.3 is 0 Å². The molecule has 5 heteroatoms. The number of nitrogens with one attached hydrogen (secondary N) is 1. The Kier molecular flexibility index (Phi) is 2.94. The number of nitrogens with zero attached hydrogens (tertiary/aromatic N) is 2. The third-order valence-electron chi connectivity index (χ3n) is 1.88. The number of hydrogen-bond donors (Lipinski definition) is 1. The summed E-state index contributed by atoms with van der Waals surface area (Å²) >= 11 is 2.18. The van der Waals surface area contributed by atoms with Crippen LogP contribution in [0.25, 0.3) is 0 Å². The van der Waals surface area contributed by atoms with Crippen molar-refractivity contribution in [3.05, 3.63) is 16.0 Å². The fraction of sp³-hybridized carbons (Fsp3) is 0.500. The van der Waals surface area contributed by atoms with E-state index in [4.69, 9.17) is 4.74 Å². The Labute approximate surface area is 90.2 Å². The fourth-order valence-corrected chi connectivity index (χ4v) is 1.50. The summed E-state index contributed by atoms with van der Waals surface area (Å²) in [6.07, 6.45) is 4.63. The SMILES string of the molecule is Ic1cnc(NC2CCOC2)nc1. The zero-order valence-electron chi connectivity index (χ0n) is 7.03. The van der Waals surface area contributed by atoms with Gasteiger partial charge in [0, 0.05) is 22.6 Å². The molecule has 13 heavy (non-hydrogen) atoms. The lowest BCUT2D eigenvalue weighted by molar-refractivity contribution is 0.195. The minimum atomic E-state index is 0.375. The van der Waals surface area contributed by atoms with Crippen molar-refractivity contribution in [2.24, 2.45) is 0 Å². The predicted molar refractivity (Wildman–Crippen MR) is 57.6 cm³/mol. The van der Waals surface area contributed by atoms with Crippen LogP contribution < -0.4 is 5.32 Å². The molecule has 1 N–H and O–H groups in total. The van der Waals surface area contributed by atoms with Crippen LogP contribution in [-0.2, 0) is 4.74 Å². The van der Waals surface area contributed by atoms with Gasteiger partial charge in [0.2, 0.25) is 5.95 Å². The molecule has 0 amide bonds. The Hall–Kier alpha value is -0.430. The van der Waals surface area contributed by atoms with Crippen LogP contribution in [0.1, 0.15) is 6.42 Å². The van der Waals surface area contributed by atoms with Crippen molar-refractivity contribution in [3.8, 4) is 0 Å². The van der Waals surface area contributed by atoms with Crippen molar-refractivity contribution in [2.45, 2.75) is 12.5 Å². The molecule has 1 aromatic heterocycles. The molecule has 0 radical (unpaired) electrons. The van der Waals surface area contributed by atoms with Gasteiger partial charge in [-0.3, -0.25) is 0 Å². The second-order valence-corrected chi connectivity index (χ2v) is 4.18. The van der Waals surface area contributed by atoms with Gasteiger partial charge in [0.1, 0.15) is 0 Å². The predicted octanol–water partition coefficient (Wildman–Crippen LogP) is 1.28. The lowest BCUT2D eigenvalue weighted by atomic mass is 10.3. The molecular weight excluding hydrogens is 281 g/mol. The topological polar surface area (TPSA) is 47.0 Å². The van der Waals surface area contributed by atoms with Crippen molar-refractivity contribution in [1.82, 2.24) is 9.97 Å². The number of aromatic nitrogens is 2. The molecule has 1 saturated heterocycles. The molecule has 0 aliphatic carbocycles. The van der Waals surface area contributed by atoms with Crippen LogP contribution >= 0.6 is 22.6 Å². The monoisotopic (exact) mass is 291 g/mol. The zero-order chi connectivity index (χ0) is 9.10. The fourth-order valence-electron chi connectivity index (χ4n) is 1.22. The van der Waals surface area contributed by atoms with E-state index in [9.17, 15) is 0 Å². The highest BCUT2D eigenvalue weighted by molar-refractivity contribution is 14.1. The highest BCUT2D eigenvalue weighted by Gasteiger charge is 2.15. The van der Waals surface area contributed by atoms with E-state index < -0.39 is 0 Å². The molecule has 4 nitrogen and oxygen atoms in total.